The fourth-order valence-corrected chi connectivity index (χ4v) is 2.27. The van der Waals surface area contributed by atoms with Crippen molar-refractivity contribution in [1.82, 2.24) is 0 Å². The molecule has 0 aliphatic carbocycles. The molecule has 0 saturated heterocycles. The van der Waals surface area contributed by atoms with Crippen LogP contribution in [0.25, 0.3) is 11.1 Å². The van der Waals surface area contributed by atoms with E-state index < -0.39 is 5.82 Å². The molecule has 0 radical (unpaired) electrons. The minimum absolute atomic E-state index is 0.0693. The van der Waals surface area contributed by atoms with Gasteiger partial charge in [0, 0.05) is 5.56 Å². The topological polar surface area (TPSA) is 37.3 Å². The molecule has 108 valence electrons. The Morgan fingerprint density at radius 3 is 1.91 bits per heavy atom. The van der Waals surface area contributed by atoms with E-state index in [-0.39, 0.29) is 17.1 Å². The lowest BCUT2D eigenvalue weighted by molar-refractivity contribution is 0.103. The van der Waals surface area contributed by atoms with E-state index in [1.54, 1.807) is 60.7 Å². The van der Waals surface area contributed by atoms with Crippen LogP contribution in [0.3, 0.4) is 0 Å². The fourth-order valence-electron chi connectivity index (χ4n) is 2.27. The zero-order chi connectivity index (χ0) is 15.5. The highest BCUT2D eigenvalue weighted by atomic mass is 19.1. The Hall–Kier alpha value is -2.94. The van der Waals surface area contributed by atoms with E-state index in [1.165, 1.54) is 12.1 Å². The van der Waals surface area contributed by atoms with Gasteiger partial charge < -0.3 is 5.11 Å². The molecule has 3 aromatic carbocycles. The van der Waals surface area contributed by atoms with Crippen molar-refractivity contribution in [2.75, 3.05) is 0 Å². The fraction of sp³-hybridized carbons (Fsp3) is 0. The number of phenols is 1. The molecule has 3 rings (SSSR count). The molecule has 0 aliphatic heterocycles. The maximum atomic E-state index is 13.7. The van der Waals surface area contributed by atoms with E-state index in [0.717, 1.165) is 11.1 Å². The lowest BCUT2D eigenvalue weighted by Gasteiger charge is -2.05. The van der Waals surface area contributed by atoms with Crippen LogP contribution in [0, 0.1) is 5.82 Å². The van der Waals surface area contributed by atoms with Crippen molar-refractivity contribution in [2.24, 2.45) is 0 Å². The average molecular weight is 292 g/mol. The number of aromatic hydroxyl groups is 1. The Morgan fingerprint density at radius 2 is 1.32 bits per heavy atom. The molecule has 22 heavy (non-hydrogen) atoms. The first kappa shape index (κ1) is 14.0. The zero-order valence-electron chi connectivity index (χ0n) is 11.7. The highest BCUT2D eigenvalue weighted by Crippen LogP contribution is 2.23. The number of carbonyl (C=O) groups is 1. The van der Waals surface area contributed by atoms with E-state index >= 15 is 0 Å². The van der Waals surface area contributed by atoms with Gasteiger partial charge in [0.25, 0.3) is 0 Å². The highest BCUT2D eigenvalue weighted by molar-refractivity contribution is 6.09. The Labute approximate surface area is 127 Å². The average Bonchev–Trinajstić information content (AvgIpc) is 2.56. The van der Waals surface area contributed by atoms with Crippen LogP contribution in [0.4, 0.5) is 4.39 Å². The first-order valence-electron chi connectivity index (χ1n) is 6.84. The normalized spacial score (nSPS) is 10.4. The predicted molar refractivity (Wildman–Crippen MR) is 83.4 cm³/mol. The van der Waals surface area contributed by atoms with E-state index in [4.69, 9.17) is 0 Å². The van der Waals surface area contributed by atoms with Gasteiger partial charge in [-0.3, -0.25) is 4.79 Å². The SMILES string of the molecule is O=C(c1ccc(-c2ccc(O)cc2)cc1)c1ccccc1F. The number of ketones is 1. The van der Waals surface area contributed by atoms with Gasteiger partial charge in [0.1, 0.15) is 11.6 Å². The van der Waals surface area contributed by atoms with Gasteiger partial charge in [0.15, 0.2) is 5.78 Å². The molecule has 0 amide bonds. The number of carbonyl (C=O) groups excluding carboxylic acids is 1. The monoisotopic (exact) mass is 292 g/mol. The molecular weight excluding hydrogens is 279 g/mol. The number of halogens is 1. The Kier molecular flexibility index (Phi) is 3.71. The number of phenolic OH excluding ortho intramolecular Hbond substituents is 1. The minimum atomic E-state index is -0.518. The second kappa shape index (κ2) is 5.82. The molecule has 2 nitrogen and oxygen atoms in total. The van der Waals surface area contributed by atoms with Gasteiger partial charge in [-0.2, -0.15) is 0 Å². The van der Waals surface area contributed by atoms with Crippen LogP contribution in [0.2, 0.25) is 0 Å². The molecule has 0 bridgehead atoms. The molecule has 0 saturated carbocycles. The third kappa shape index (κ3) is 2.74. The molecule has 0 spiro atoms. The van der Waals surface area contributed by atoms with Crippen LogP contribution in [0.5, 0.6) is 5.75 Å². The zero-order valence-corrected chi connectivity index (χ0v) is 11.7. The van der Waals surface area contributed by atoms with Gasteiger partial charge in [-0.25, -0.2) is 4.39 Å². The van der Waals surface area contributed by atoms with E-state index in [2.05, 4.69) is 0 Å². The molecule has 0 heterocycles. The molecule has 3 heteroatoms. The van der Waals surface area contributed by atoms with Gasteiger partial charge in [-0.15, -0.1) is 0 Å². The number of hydrogen-bond donors (Lipinski definition) is 1. The first-order chi connectivity index (χ1) is 10.6. The maximum absolute atomic E-state index is 13.7. The Balaban J connectivity index is 1.90. The third-order valence-corrected chi connectivity index (χ3v) is 3.47. The lowest BCUT2D eigenvalue weighted by Crippen LogP contribution is -2.03. The third-order valence-electron chi connectivity index (χ3n) is 3.47. The number of hydrogen-bond acceptors (Lipinski definition) is 2. The van der Waals surface area contributed by atoms with Crippen LogP contribution >= 0.6 is 0 Å². The van der Waals surface area contributed by atoms with Gasteiger partial charge >= 0.3 is 0 Å². The highest BCUT2D eigenvalue weighted by Gasteiger charge is 2.13. The van der Waals surface area contributed by atoms with Crippen LogP contribution in [-0.4, -0.2) is 10.9 Å². The van der Waals surface area contributed by atoms with Crippen molar-refractivity contribution in [3.63, 3.8) is 0 Å². The summed E-state index contributed by atoms with van der Waals surface area (Å²) in [6.07, 6.45) is 0. The van der Waals surface area contributed by atoms with Crippen LogP contribution in [0.15, 0.2) is 72.8 Å². The Morgan fingerprint density at radius 1 is 0.773 bits per heavy atom. The first-order valence-corrected chi connectivity index (χ1v) is 6.84. The van der Waals surface area contributed by atoms with Crippen molar-refractivity contribution < 1.29 is 14.3 Å². The summed E-state index contributed by atoms with van der Waals surface area (Å²) in [6, 6.07) is 19.7. The van der Waals surface area contributed by atoms with Crippen molar-refractivity contribution in [1.29, 1.82) is 0 Å². The number of benzene rings is 3. The van der Waals surface area contributed by atoms with E-state index in [9.17, 15) is 14.3 Å². The molecule has 0 atom stereocenters. The van der Waals surface area contributed by atoms with E-state index in [1.807, 2.05) is 0 Å². The summed E-state index contributed by atoms with van der Waals surface area (Å²) in [6.45, 7) is 0. The molecule has 3 aromatic rings. The molecule has 0 aromatic heterocycles. The summed E-state index contributed by atoms with van der Waals surface area (Å²) in [5, 5.41) is 9.29. The summed E-state index contributed by atoms with van der Waals surface area (Å²) in [5.41, 5.74) is 2.36. The van der Waals surface area contributed by atoms with Crippen molar-refractivity contribution in [3.05, 3.63) is 89.7 Å². The second-order valence-electron chi connectivity index (χ2n) is 4.93. The van der Waals surface area contributed by atoms with Crippen molar-refractivity contribution >= 4 is 5.78 Å². The molecule has 1 N–H and O–H groups in total. The quantitative estimate of drug-likeness (QED) is 0.725. The summed E-state index contributed by atoms with van der Waals surface area (Å²) in [7, 11) is 0. The predicted octanol–water partition coefficient (Wildman–Crippen LogP) is 4.43. The van der Waals surface area contributed by atoms with Gasteiger partial charge in [0.05, 0.1) is 5.56 Å². The van der Waals surface area contributed by atoms with E-state index in [0.29, 0.717) is 5.56 Å². The summed E-state index contributed by atoms with van der Waals surface area (Å²) in [4.78, 5) is 12.3. The number of rotatable bonds is 3. The molecule has 0 fully saturated rings. The van der Waals surface area contributed by atoms with Gasteiger partial charge in [-0.1, -0.05) is 48.5 Å². The minimum Gasteiger partial charge on any atom is -0.508 e. The lowest BCUT2D eigenvalue weighted by atomic mass is 9.99. The standard InChI is InChI=1S/C19H13FO2/c20-18-4-2-1-3-17(18)19(22)15-7-5-13(6-8-15)14-9-11-16(21)12-10-14/h1-12,21H. The molecule has 0 aliphatic rings. The van der Waals surface area contributed by atoms with Crippen LogP contribution < -0.4 is 0 Å². The largest absolute Gasteiger partial charge is 0.508 e. The van der Waals surface area contributed by atoms with Crippen molar-refractivity contribution in [2.45, 2.75) is 0 Å². The van der Waals surface area contributed by atoms with Crippen molar-refractivity contribution in [3.8, 4) is 16.9 Å². The summed E-state index contributed by atoms with van der Waals surface area (Å²) < 4.78 is 13.7. The van der Waals surface area contributed by atoms with Gasteiger partial charge in [0.2, 0.25) is 0 Å². The Bertz CT molecular complexity index is 806. The van der Waals surface area contributed by atoms with Gasteiger partial charge in [-0.05, 0) is 35.4 Å². The summed E-state index contributed by atoms with van der Waals surface area (Å²) in [5.74, 6) is -0.652. The molecule has 0 unspecified atom stereocenters. The summed E-state index contributed by atoms with van der Waals surface area (Å²) >= 11 is 0. The van der Waals surface area contributed by atoms with Crippen LogP contribution in [0.1, 0.15) is 15.9 Å². The maximum Gasteiger partial charge on any atom is 0.195 e. The molecular formula is C19H13FO2. The smallest absolute Gasteiger partial charge is 0.195 e. The second-order valence-corrected chi connectivity index (χ2v) is 4.93. The van der Waals surface area contributed by atoms with Crippen LogP contribution in [-0.2, 0) is 0 Å².